The predicted molar refractivity (Wildman–Crippen MR) is 92.1 cm³/mol. The summed E-state index contributed by atoms with van der Waals surface area (Å²) in [4.78, 5) is 29.3. The molecule has 1 unspecified atom stereocenters. The lowest BCUT2D eigenvalue weighted by atomic mass is 10.2. The number of imidazole rings is 1. The number of nitrogens with zero attached hydrogens (tertiary/aromatic N) is 4. The number of ether oxygens (including phenoxy) is 2. The summed E-state index contributed by atoms with van der Waals surface area (Å²) < 4.78 is 15.9. The maximum Gasteiger partial charge on any atom is 0.332 e. The first-order chi connectivity index (χ1) is 11.5. The smallest absolute Gasteiger partial charge is 0.332 e. The van der Waals surface area contributed by atoms with Gasteiger partial charge in [0, 0.05) is 27.2 Å². The number of hydrogen-bond acceptors (Lipinski definition) is 5. The first-order valence-corrected chi connectivity index (χ1v) is 8.85. The topological polar surface area (TPSA) is 80.3 Å². The van der Waals surface area contributed by atoms with E-state index in [9.17, 15) is 9.59 Å². The van der Waals surface area contributed by atoms with Crippen molar-refractivity contribution < 1.29 is 9.47 Å². The van der Waals surface area contributed by atoms with Crippen LogP contribution < -0.4 is 11.2 Å². The van der Waals surface area contributed by atoms with Crippen molar-refractivity contribution in [1.29, 1.82) is 0 Å². The maximum atomic E-state index is 12.6. The molecule has 0 amide bonds. The van der Waals surface area contributed by atoms with Crippen molar-refractivity contribution in [2.45, 2.75) is 38.5 Å². The SMILES string of the molecule is Cn1c(Br)nc2c1c(=O)n(CCCOC1CCCCO1)c(=O)n2C. The number of halogens is 1. The lowest BCUT2D eigenvalue weighted by Crippen LogP contribution is -2.40. The standard InChI is InChI=1S/C15H21BrN4O4/c1-18-11-12(17-14(18)16)19(2)15(22)20(13(11)21)7-5-9-24-10-6-3-4-8-23-10/h10H,3-9H2,1-2H3. The first-order valence-electron chi connectivity index (χ1n) is 8.05. The van der Waals surface area contributed by atoms with Crippen LogP contribution in [0.5, 0.6) is 0 Å². The van der Waals surface area contributed by atoms with E-state index in [1.807, 2.05) is 0 Å². The van der Waals surface area contributed by atoms with Gasteiger partial charge in [-0.2, -0.15) is 0 Å². The van der Waals surface area contributed by atoms with Crippen molar-refractivity contribution in [1.82, 2.24) is 18.7 Å². The summed E-state index contributed by atoms with van der Waals surface area (Å²) in [5, 5.41) is 0. The van der Waals surface area contributed by atoms with Crippen LogP contribution in [-0.4, -0.2) is 38.2 Å². The summed E-state index contributed by atoms with van der Waals surface area (Å²) in [6.45, 7) is 1.49. The van der Waals surface area contributed by atoms with Gasteiger partial charge in [0.2, 0.25) is 0 Å². The largest absolute Gasteiger partial charge is 0.353 e. The van der Waals surface area contributed by atoms with Gasteiger partial charge in [-0.15, -0.1) is 0 Å². The highest BCUT2D eigenvalue weighted by Crippen LogP contribution is 2.15. The van der Waals surface area contributed by atoms with Crippen LogP contribution in [0.15, 0.2) is 14.3 Å². The van der Waals surface area contributed by atoms with E-state index in [4.69, 9.17) is 9.47 Å². The van der Waals surface area contributed by atoms with E-state index in [0.717, 1.165) is 25.9 Å². The number of hydrogen-bond donors (Lipinski definition) is 0. The molecule has 0 aliphatic carbocycles. The Morgan fingerprint density at radius 3 is 2.79 bits per heavy atom. The predicted octanol–water partition coefficient (Wildman–Crippen LogP) is 1.13. The Kier molecular flexibility index (Phi) is 5.21. The molecule has 0 aromatic carbocycles. The average Bonchev–Trinajstić information content (AvgIpc) is 2.88. The second-order valence-electron chi connectivity index (χ2n) is 5.93. The molecule has 2 aromatic rings. The summed E-state index contributed by atoms with van der Waals surface area (Å²) in [6.07, 6.45) is 3.49. The third-order valence-corrected chi connectivity index (χ3v) is 4.98. The average molecular weight is 401 g/mol. The minimum atomic E-state index is -0.369. The molecule has 3 heterocycles. The van der Waals surface area contributed by atoms with E-state index in [1.165, 1.54) is 9.13 Å². The van der Waals surface area contributed by atoms with E-state index in [-0.39, 0.29) is 17.5 Å². The molecule has 1 saturated heterocycles. The number of fused-ring (bicyclic) bond motifs is 1. The zero-order valence-electron chi connectivity index (χ0n) is 13.8. The van der Waals surface area contributed by atoms with Gasteiger partial charge in [-0.3, -0.25) is 13.9 Å². The normalized spacial score (nSPS) is 18.4. The Morgan fingerprint density at radius 1 is 1.29 bits per heavy atom. The van der Waals surface area contributed by atoms with Crippen LogP contribution in [0.3, 0.4) is 0 Å². The van der Waals surface area contributed by atoms with Crippen LogP contribution >= 0.6 is 15.9 Å². The van der Waals surface area contributed by atoms with Crippen molar-refractivity contribution in [3.05, 3.63) is 25.6 Å². The number of aromatic nitrogens is 4. The van der Waals surface area contributed by atoms with Crippen molar-refractivity contribution in [2.75, 3.05) is 13.2 Å². The van der Waals surface area contributed by atoms with Crippen LogP contribution in [-0.2, 0) is 30.1 Å². The minimum Gasteiger partial charge on any atom is -0.353 e. The zero-order valence-corrected chi connectivity index (χ0v) is 15.4. The molecule has 1 fully saturated rings. The Labute approximate surface area is 147 Å². The van der Waals surface area contributed by atoms with Crippen LogP contribution in [0.25, 0.3) is 11.2 Å². The molecule has 0 saturated carbocycles. The molecule has 132 valence electrons. The molecule has 1 atom stereocenters. The first kappa shape index (κ1) is 17.4. The quantitative estimate of drug-likeness (QED) is 0.555. The second-order valence-corrected chi connectivity index (χ2v) is 6.64. The third-order valence-electron chi connectivity index (χ3n) is 4.27. The molecule has 0 spiro atoms. The van der Waals surface area contributed by atoms with Crippen LogP contribution in [0, 0.1) is 0 Å². The molecular formula is C15H21BrN4O4. The van der Waals surface area contributed by atoms with Gasteiger partial charge in [0.15, 0.2) is 22.2 Å². The lowest BCUT2D eigenvalue weighted by molar-refractivity contribution is -0.163. The van der Waals surface area contributed by atoms with Gasteiger partial charge in [-0.25, -0.2) is 9.78 Å². The molecule has 0 bridgehead atoms. The Morgan fingerprint density at radius 2 is 2.08 bits per heavy atom. The molecular weight excluding hydrogens is 380 g/mol. The van der Waals surface area contributed by atoms with Crippen LogP contribution in [0.4, 0.5) is 0 Å². The van der Waals surface area contributed by atoms with E-state index in [1.54, 1.807) is 18.7 Å². The molecule has 8 nitrogen and oxygen atoms in total. The molecule has 9 heteroatoms. The van der Waals surface area contributed by atoms with Crippen molar-refractivity contribution in [2.24, 2.45) is 14.1 Å². The highest BCUT2D eigenvalue weighted by molar-refractivity contribution is 9.10. The Hall–Kier alpha value is -1.45. The van der Waals surface area contributed by atoms with Gasteiger partial charge in [0.25, 0.3) is 5.56 Å². The van der Waals surface area contributed by atoms with Gasteiger partial charge >= 0.3 is 5.69 Å². The molecule has 0 radical (unpaired) electrons. The summed E-state index contributed by atoms with van der Waals surface area (Å²) in [7, 11) is 3.35. The monoisotopic (exact) mass is 400 g/mol. The van der Waals surface area contributed by atoms with E-state index in [2.05, 4.69) is 20.9 Å². The highest BCUT2D eigenvalue weighted by atomic mass is 79.9. The maximum absolute atomic E-state index is 12.6. The van der Waals surface area contributed by atoms with Crippen LogP contribution in [0.1, 0.15) is 25.7 Å². The van der Waals surface area contributed by atoms with E-state index < -0.39 is 0 Å². The minimum absolute atomic E-state index is 0.159. The fraction of sp³-hybridized carbons (Fsp3) is 0.667. The third kappa shape index (κ3) is 3.20. The van der Waals surface area contributed by atoms with Gasteiger partial charge in [-0.1, -0.05) is 0 Å². The fourth-order valence-corrected chi connectivity index (χ4v) is 3.24. The highest BCUT2D eigenvalue weighted by Gasteiger charge is 2.18. The van der Waals surface area contributed by atoms with Crippen molar-refractivity contribution in [3.63, 3.8) is 0 Å². The Bertz CT molecular complexity index is 848. The fourth-order valence-electron chi connectivity index (χ4n) is 2.89. The molecule has 0 N–H and O–H groups in total. The van der Waals surface area contributed by atoms with Gasteiger partial charge in [-0.05, 0) is 41.6 Å². The molecule has 3 rings (SSSR count). The molecule has 1 aliphatic heterocycles. The van der Waals surface area contributed by atoms with Gasteiger partial charge in [0.05, 0.1) is 6.61 Å². The van der Waals surface area contributed by atoms with Crippen molar-refractivity contribution >= 4 is 27.1 Å². The Balaban J connectivity index is 1.76. The number of aryl methyl sites for hydroxylation is 2. The lowest BCUT2D eigenvalue weighted by Gasteiger charge is -2.22. The molecule has 1 aliphatic rings. The van der Waals surface area contributed by atoms with E-state index >= 15 is 0 Å². The number of rotatable bonds is 5. The zero-order chi connectivity index (χ0) is 17.3. The van der Waals surface area contributed by atoms with E-state index in [0.29, 0.717) is 35.5 Å². The van der Waals surface area contributed by atoms with Crippen molar-refractivity contribution in [3.8, 4) is 0 Å². The van der Waals surface area contributed by atoms with Crippen LogP contribution in [0.2, 0.25) is 0 Å². The molecule has 24 heavy (non-hydrogen) atoms. The summed E-state index contributed by atoms with van der Waals surface area (Å²) in [5.74, 6) is 0. The summed E-state index contributed by atoms with van der Waals surface area (Å²) in [5.41, 5.74) is 0.0812. The summed E-state index contributed by atoms with van der Waals surface area (Å²) in [6, 6.07) is 0. The van der Waals surface area contributed by atoms with Gasteiger partial charge < -0.3 is 14.0 Å². The molecule has 2 aromatic heterocycles. The summed E-state index contributed by atoms with van der Waals surface area (Å²) >= 11 is 3.29. The van der Waals surface area contributed by atoms with Gasteiger partial charge in [0.1, 0.15) is 0 Å². The second kappa shape index (κ2) is 7.20.